The summed E-state index contributed by atoms with van der Waals surface area (Å²) in [6, 6.07) is 0. The fourth-order valence-corrected chi connectivity index (χ4v) is 0.615. The minimum Gasteiger partial charge on any atom is -0.303 e. The van der Waals surface area contributed by atoms with Crippen LogP contribution in [0.15, 0.2) is 11.6 Å². The van der Waals surface area contributed by atoms with Crippen LogP contribution in [0.4, 0.5) is 0 Å². The van der Waals surface area contributed by atoms with E-state index >= 15 is 0 Å². The maximum absolute atomic E-state index is 9.93. The van der Waals surface area contributed by atoms with Crippen molar-refractivity contribution in [2.75, 3.05) is 0 Å². The van der Waals surface area contributed by atoms with Gasteiger partial charge in [-0.15, -0.1) is 0 Å². The average Bonchev–Trinajstić information content (AvgIpc) is 1.88. The number of carbonyl (C=O) groups is 1. The van der Waals surface area contributed by atoms with E-state index in [0.29, 0.717) is 12.3 Å². The molecule has 0 aliphatic rings. The van der Waals surface area contributed by atoms with Crippen molar-refractivity contribution >= 4 is 6.29 Å². The Labute approximate surface area is 63.1 Å². The molecule has 10 heavy (non-hydrogen) atoms. The van der Waals surface area contributed by atoms with Crippen LogP contribution in [0.5, 0.6) is 0 Å². The Morgan fingerprint density at radius 1 is 1.40 bits per heavy atom. The highest BCUT2D eigenvalue weighted by molar-refractivity contribution is 5.49. The molecule has 58 valence electrons. The summed E-state index contributed by atoms with van der Waals surface area (Å²) in [7, 11) is 0. The van der Waals surface area contributed by atoms with Crippen molar-refractivity contribution in [1.29, 1.82) is 0 Å². The molecule has 0 aliphatic carbocycles. The summed E-state index contributed by atoms with van der Waals surface area (Å²) in [5.41, 5.74) is 1.38. The summed E-state index contributed by atoms with van der Waals surface area (Å²) in [5, 5.41) is 0. The van der Waals surface area contributed by atoms with E-state index in [1.807, 2.05) is 0 Å². The zero-order chi connectivity index (χ0) is 7.98. The van der Waals surface area contributed by atoms with Crippen LogP contribution < -0.4 is 0 Å². The quantitative estimate of drug-likeness (QED) is 0.333. The first kappa shape index (κ1) is 9.41. The number of hydrogen-bond donors (Lipinski definition) is 0. The molecule has 0 aromatic carbocycles. The van der Waals surface area contributed by atoms with Crippen molar-refractivity contribution < 1.29 is 4.79 Å². The lowest BCUT2D eigenvalue weighted by molar-refractivity contribution is -0.107. The number of rotatable bonds is 4. The summed E-state index contributed by atoms with van der Waals surface area (Å²) in [5.74, 6) is 0.617. The number of allylic oxidation sites excluding steroid dienone is 2. The standard InChI is InChI=1S/C9H16O/c1-8(2)9(3)6-4-5-7-10/h6-8H,4-5H2,1-3H3. The van der Waals surface area contributed by atoms with Gasteiger partial charge in [-0.25, -0.2) is 0 Å². The second-order valence-electron chi connectivity index (χ2n) is 2.85. The lowest BCUT2D eigenvalue weighted by Gasteiger charge is -2.02. The monoisotopic (exact) mass is 140 g/mol. The Balaban J connectivity index is 3.57. The highest BCUT2D eigenvalue weighted by Gasteiger charge is 1.93. The van der Waals surface area contributed by atoms with Gasteiger partial charge in [-0.3, -0.25) is 0 Å². The summed E-state index contributed by atoms with van der Waals surface area (Å²) in [6.45, 7) is 6.43. The van der Waals surface area contributed by atoms with Gasteiger partial charge >= 0.3 is 0 Å². The van der Waals surface area contributed by atoms with Crippen LogP contribution in [-0.2, 0) is 4.79 Å². The SMILES string of the molecule is CC(=CCCC=O)C(C)C. The summed E-state index contributed by atoms with van der Waals surface area (Å²) in [6.07, 6.45) is 4.65. The first-order valence-electron chi connectivity index (χ1n) is 3.78. The van der Waals surface area contributed by atoms with Gasteiger partial charge in [0.1, 0.15) is 6.29 Å². The number of hydrogen-bond acceptors (Lipinski definition) is 1. The number of carbonyl (C=O) groups excluding carboxylic acids is 1. The van der Waals surface area contributed by atoms with Gasteiger partial charge in [-0.05, 0) is 19.3 Å². The molecule has 0 spiro atoms. The second kappa shape index (κ2) is 5.21. The predicted octanol–water partition coefficient (Wildman–Crippen LogP) is 2.57. The van der Waals surface area contributed by atoms with Crippen LogP contribution in [0.3, 0.4) is 0 Å². The fourth-order valence-electron chi connectivity index (χ4n) is 0.615. The zero-order valence-electron chi connectivity index (χ0n) is 7.05. The molecular formula is C9H16O. The van der Waals surface area contributed by atoms with Crippen LogP contribution in [0.1, 0.15) is 33.6 Å². The van der Waals surface area contributed by atoms with Gasteiger partial charge in [0.25, 0.3) is 0 Å². The molecule has 0 rings (SSSR count). The van der Waals surface area contributed by atoms with Gasteiger partial charge < -0.3 is 4.79 Å². The summed E-state index contributed by atoms with van der Waals surface area (Å²) in [4.78, 5) is 9.93. The van der Waals surface area contributed by atoms with Gasteiger partial charge in [0.05, 0.1) is 0 Å². The Kier molecular flexibility index (Phi) is 4.91. The maximum Gasteiger partial charge on any atom is 0.120 e. The molecule has 0 saturated carbocycles. The van der Waals surface area contributed by atoms with E-state index in [4.69, 9.17) is 0 Å². The van der Waals surface area contributed by atoms with E-state index < -0.39 is 0 Å². The third-order valence-corrected chi connectivity index (χ3v) is 1.66. The van der Waals surface area contributed by atoms with Crippen molar-refractivity contribution in [3.05, 3.63) is 11.6 Å². The first-order chi connectivity index (χ1) is 4.68. The largest absolute Gasteiger partial charge is 0.303 e. The highest BCUT2D eigenvalue weighted by atomic mass is 16.1. The molecule has 0 heterocycles. The molecule has 0 radical (unpaired) electrons. The lowest BCUT2D eigenvalue weighted by Crippen LogP contribution is -1.88. The third kappa shape index (κ3) is 4.30. The minimum atomic E-state index is 0.617. The first-order valence-corrected chi connectivity index (χ1v) is 3.78. The molecule has 0 unspecified atom stereocenters. The molecule has 0 aromatic heterocycles. The van der Waals surface area contributed by atoms with Crippen LogP contribution in [0.25, 0.3) is 0 Å². The normalized spacial score (nSPS) is 12.2. The minimum absolute atomic E-state index is 0.617. The Morgan fingerprint density at radius 3 is 2.40 bits per heavy atom. The average molecular weight is 140 g/mol. The van der Waals surface area contributed by atoms with Crippen molar-refractivity contribution in [3.63, 3.8) is 0 Å². The highest BCUT2D eigenvalue weighted by Crippen LogP contribution is 2.08. The maximum atomic E-state index is 9.93. The Hall–Kier alpha value is -0.590. The van der Waals surface area contributed by atoms with E-state index in [9.17, 15) is 4.79 Å². The van der Waals surface area contributed by atoms with E-state index in [1.54, 1.807) is 0 Å². The number of unbranched alkanes of at least 4 members (excludes halogenated alkanes) is 1. The Morgan fingerprint density at radius 2 is 2.00 bits per heavy atom. The molecule has 0 bridgehead atoms. The lowest BCUT2D eigenvalue weighted by atomic mass is 10.0. The van der Waals surface area contributed by atoms with Gasteiger partial charge in [-0.2, -0.15) is 0 Å². The molecule has 0 amide bonds. The second-order valence-corrected chi connectivity index (χ2v) is 2.85. The van der Waals surface area contributed by atoms with E-state index in [2.05, 4.69) is 26.8 Å². The van der Waals surface area contributed by atoms with Gasteiger partial charge in [-0.1, -0.05) is 25.5 Å². The van der Waals surface area contributed by atoms with E-state index in [-0.39, 0.29) is 0 Å². The molecule has 0 saturated heterocycles. The van der Waals surface area contributed by atoms with Crippen molar-refractivity contribution in [2.45, 2.75) is 33.6 Å². The molecule has 1 nitrogen and oxygen atoms in total. The Bertz CT molecular complexity index is 123. The summed E-state index contributed by atoms with van der Waals surface area (Å²) < 4.78 is 0. The van der Waals surface area contributed by atoms with Gasteiger partial charge in [0, 0.05) is 6.42 Å². The molecule has 0 atom stereocenters. The predicted molar refractivity (Wildman–Crippen MR) is 43.9 cm³/mol. The topological polar surface area (TPSA) is 17.1 Å². The van der Waals surface area contributed by atoms with E-state index in [0.717, 1.165) is 12.7 Å². The third-order valence-electron chi connectivity index (χ3n) is 1.66. The molecule has 0 N–H and O–H groups in total. The van der Waals surface area contributed by atoms with Crippen LogP contribution in [0, 0.1) is 5.92 Å². The molecular weight excluding hydrogens is 124 g/mol. The van der Waals surface area contributed by atoms with Crippen molar-refractivity contribution in [3.8, 4) is 0 Å². The molecule has 0 fully saturated rings. The number of aldehydes is 1. The molecule has 1 heteroatoms. The van der Waals surface area contributed by atoms with E-state index in [1.165, 1.54) is 5.57 Å². The zero-order valence-corrected chi connectivity index (χ0v) is 7.05. The molecule has 0 aromatic rings. The van der Waals surface area contributed by atoms with Crippen LogP contribution in [-0.4, -0.2) is 6.29 Å². The van der Waals surface area contributed by atoms with Gasteiger partial charge in [0.2, 0.25) is 0 Å². The molecule has 0 aliphatic heterocycles. The smallest absolute Gasteiger partial charge is 0.120 e. The van der Waals surface area contributed by atoms with Crippen LogP contribution in [0.2, 0.25) is 0 Å². The van der Waals surface area contributed by atoms with Gasteiger partial charge in [0.15, 0.2) is 0 Å². The van der Waals surface area contributed by atoms with Crippen LogP contribution >= 0.6 is 0 Å². The van der Waals surface area contributed by atoms with Crippen molar-refractivity contribution in [2.24, 2.45) is 5.92 Å². The van der Waals surface area contributed by atoms with Crippen molar-refractivity contribution in [1.82, 2.24) is 0 Å². The summed E-state index contributed by atoms with van der Waals surface area (Å²) >= 11 is 0. The fraction of sp³-hybridized carbons (Fsp3) is 0.667.